The Morgan fingerprint density at radius 3 is 2.61 bits per heavy atom. The van der Waals surface area contributed by atoms with E-state index < -0.39 is 0 Å². The molecule has 56 heavy (non-hydrogen) atoms. The molecular weight excluding hydrogens is 754 g/mol. The number of hydrogen-bond acceptors (Lipinski definition) is 10. The number of aryl methyl sites for hydroxylation is 2. The standard InChI is InChI=1S/C42H56FN5O6S2/c1-4-47(19-7-5-6-10-31-14-15-34(49)37-38(31)56-41(52)45-37)35(50)16-24-53-23-9-13-30-11-8-12-32(36(30)43)26-46-20-17-42(18-21-46)28-48(22-25-54-42)40(51)33-27-55-39(44-33)29(2)3/h8,11-12,14-15,27,29,49H,4-7,9-10,13,16-26,28H2,1-3H3,(H,45,52). The zero-order valence-corrected chi connectivity index (χ0v) is 34.6. The van der Waals surface area contributed by atoms with Gasteiger partial charge in [0.2, 0.25) is 5.91 Å². The van der Waals surface area contributed by atoms with Crippen LogP contribution in [0.25, 0.3) is 10.2 Å². The maximum atomic E-state index is 15.6. The molecule has 4 aromatic rings. The van der Waals surface area contributed by atoms with E-state index in [4.69, 9.17) is 9.47 Å². The highest BCUT2D eigenvalue weighted by molar-refractivity contribution is 7.16. The van der Waals surface area contributed by atoms with Crippen molar-refractivity contribution in [3.05, 3.63) is 78.6 Å². The molecule has 0 atom stereocenters. The zero-order valence-electron chi connectivity index (χ0n) is 32.9. The highest BCUT2D eigenvalue weighted by Crippen LogP contribution is 2.33. The topological polar surface area (TPSA) is 128 Å². The van der Waals surface area contributed by atoms with Gasteiger partial charge in [0.1, 0.15) is 22.8 Å². The lowest BCUT2D eigenvalue weighted by atomic mass is 9.89. The number of unbranched alkanes of at least 4 members (excludes halogenated alkanes) is 2. The molecule has 2 aromatic carbocycles. The number of benzene rings is 2. The molecule has 4 heterocycles. The number of aromatic amines is 1. The van der Waals surface area contributed by atoms with Gasteiger partial charge in [0, 0.05) is 62.7 Å². The van der Waals surface area contributed by atoms with Gasteiger partial charge >= 0.3 is 4.87 Å². The maximum Gasteiger partial charge on any atom is 0.305 e. The molecule has 1 spiro atoms. The average Bonchev–Trinajstić information content (AvgIpc) is 3.85. The number of morpholine rings is 1. The number of halogens is 1. The fourth-order valence-corrected chi connectivity index (χ4v) is 9.46. The van der Waals surface area contributed by atoms with Gasteiger partial charge in [0.05, 0.1) is 41.5 Å². The van der Waals surface area contributed by atoms with Crippen LogP contribution in [0.4, 0.5) is 4.39 Å². The number of amides is 2. The molecule has 2 N–H and O–H groups in total. The van der Waals surface area contributed by atoms with E-state index in [-0.39, 0.29) is 33.9 Å². The Morgan fingerprint density at radius 1 is 1.05 bits per heavy atom. The second-order valence-electron chi connectivity index (χ2n) is 15.4. The first-order chi connectivity index (χ1) is 27.1. The number of likely N-dealkylation sites (tertiary alicyclic amines) is 1. The van der Waals surface area contributed by atoms with E-state index in [2.05, 4.69) is 28.7 Å². The monoisotopic (exact) mass is 809 g/mol. The summed E-state index contributed by atoms with van der Waals surface area (Å²) in [5.74, 6) is 0.275. The summed E-state index contributed by atoms with van der Waals surface area (Å²) in [4.78, 5) is 51.0. The van der Waals surface area contributed by atoms with Gasteiger partial charge in [-0.25, -0.2) is 9.37 Å². The molecule has 0 radical (unpaired) electrons. The summed E-state index contributed by atoms with van der Waals surface area (Å²) in [6.45, 7) is 12.0. The number of carbonyl (C=O) groups excluding carboxylic acids is 2. The summed E-state index contributed by atoms with van der Waals surface area (Å²) in [7, 11) is 0. The highest BCUT2D eigenvalue weighted by atomic mass is 32.1. The number of ether oxygens (including phenoxy) is 2. The van der Waals surface area contributed by atoms with Crippen molar-refractivity contribution in [1.82, 2.24) is 24.7 Å². The summed E-state index contributed by atoms with van der Waals surface area (Å²) >= 11 is 2.66. The van der Waals surface area contributed by atoms with Crippen molar-refractivity contribution in [3.63, 3.8) is 0 Å². The Morgan fingerprint density at radius 2 is 1.84 bits per heavy atom. The number of aromatic hydroxyl groups is 1. The Labute approximate surface area is 336 Å². The van der Waals surface area contributed by atoms with Crippen molar-refractivity contribution < 1.29 is 28.6 Å². The third-order valence-corrected chi connectivity index (χ3v) is 13.1. The number of aromatic nitrogens is 2. The minimum Gasteiger partial charge on any atom is -0.506 e. The van der Waals surface area contributed by atoms with Gasteiger partial charge in [-0.15, -0.1) is 11.3 Å². The Hall–Kier alpha value is -3.69. The number of phenolic OH excluding ortho intramolecular Hbond substituents is 1. The number of thiazole rings is 2. The Bertz CT molecular complexity index is 1990. The number of H-pyrrole nitrogens is 1. The number of nitrogens with zero attached hydrogens (tertiary/aromatic N) is 4. The fraction of sp³-hybridized carbons (Fsp3) is 0.571. The molecule has 304 valence electrons. The predicted octanol–water partition coefficient (Wildman–Crippen LogP) is 7.12. The molecule has 2 fully saturated rings. The van der Waals surface area contributed by atoms with E-state index in [1.807, 2.05) is 46.4 Å². The second kappa shape index (κ2) is 19.6. The molecule has 11 nitrogen and oxygen atoms in total. The number of hydrogen-bond donors (Lipinski definition) is 2. The van der Waals surface area contributed by atoms with Crippen LogP contribution in [-0.2, 0) is 33.7 Å². The van der Waals surface area contributed by atoms with Crippen molar-refractivity contribution in [2.45, 2.75) is 96.6 Å². The summed E-state index contributed by atoms with van der Waals surface area (Å²) in [6.07, 6.45) is 6.68. The van der Waals surface area contributed by atoms with Crippen LogP contribution >= 0.6 is 22.7 Å². The van der Waals surface area contributed by atoms with Crippen LogP contribution in [0.3, 0.4) is 0 Å². The molecule has 0 saturated carbocycles. The molecule has 2 aliphatic rings. The minimum absolute atomic E-state index is 0.0249. The number of nitrogens with one attached hydrogen (secondary N) is 1. The number of piperidine rings is 1. The van der Waals surface area contributed by atoms with Crippen LogP contribution in [0, 0.1) is 5.82 Å². The zero-order chi connectivity index (χ0) is 39.7. The van der Waals surface area contributed by atoms with Gasteiger partial charge in [0.15, 0.2) is 0 Å². The third kappa shape index (κ3) is 10.6. The molecule has 0 aliphatic carbocycles. The van der Waals surface area contributed by atoms with Crippen molar-refractivity contribution in [3.8, 4) is 5.75 Å². The normalized spacial score (nSPS) is 16.0. The van der Waals surface area contributed by atoms with Crippen LogP contribution in [-0.4, -0.2) is 106 Å². The SMILES string of the molecule is CCN(CCCCCc1ccc(O)c2[nH]c(=O)sc12)C(=O)CCOCCCc1cccc(CN2CCC3(CC2)CN(C(=O)c2csc(C(C)C)n2)CCO3)c1F. The summed E-state index contributed by atoms with van der Waals surface area (Å²) in [5.41, 5.74) is 3.07. The van der Waals surface area contributed by atoms with Gasteiger partial charge in [-0.05, 0) is 69.1 Å². The van der Waals surface area contributed by atoms with Crippen molar-refractivity contribution in [2.75, 3.05) is 59.1 Å². The summed E-state index contributed by atoms with van der Waals surface area (Å²) in [5, 5.41) is 12.9. The molecule has 14 heteroatoms. The smallest absolute Gasteiger partial charge is 0.305 e. The van der Waals surface area contributed by atoms with Gasteiger partial charge in [-0.1, -0.05) is 55.9 Å². The molecular formula is C42H56FN5O6S2. The van der Waals surface area contributed by atoms with E-state index in [1.54, 1.807) is 6.07 Å². The van der Waals surface area contributed by atoms with Crippen molar-refractivity contribution >= 4 is 44.7 Å². The Balaban J connectivity index is 0.860. The number of rotatable bonds is 18. The van der Waals surface area contributed by atoms with Crippen LogP contribution in [0.2, 0.25) is 0 Å². The molecule has 2 aliphatic heterocycles. The number of fused-ring (bicyclic) bond motifs is 1. The number of carbonyl (C=O) groups is 2. The largest absolute Gasteiger partial charge is 0.506 e. The van der Waals surface area contributed by atoms with Crippen LogP contribution in [0.15, 0.2) is 40.5 Å². The first-order valence-electron chi connectivity index (χ1n) is 20.1. The lowest BCUT2D eigenvalue weighted by Gasteiger charge is -2.47. The summed E-state index contributed by atoms with van der Waals surface area (Å²) < 4.78 is 28.6. The summed E-state index contributed by atoms with van der Waals surface area (Å²) in [6, 6.07) is 9.13. The minimum atomic E-state index is -0.375. The van der Waals surface area contributed by atoms with Gasteiger partial charge in [-0.3, -0.25) is 19.3 Å². The molecule has 2 amide bonds. The van der Waals surface area contributed by atoms with Gasteiger partial charge in [-0.2, -0.15) is 0 Å². The van der Waals surface area contributed by atoms with E-state index in [0.29, 0.717) is 100 Å². The second-order valence-corrected chi connectivity index (χ2v) is 17.2. The van der Waals surface area contributed by atoms with E-state index in [1.165, 1.54) is 11.3 Å². The molecule has 0 unspecified atom stereocenters. The quantitative estimate of drug-likeness (QED) is 0.102. The van der Waals surface area contributed by atoms with Crippen LogP contribution in [0.1, 0.15) is 104 Å². The van der Waals surface area contributed by atoms with E-state index in [9.17, 15) is 19.5 Å². The van der Waals surface area contributed by atoms with Crippen LogP contribution in [0.5, 0.6) is 5.75 Å². The van der Waals surface area contributed by atoms with E-state index >= 15 is 4.39 Å². The highest BCUT2D eigenvalue weighted by Gasteiger charge is 2.41. The molecule has 2 aromatic heterocycles. The first-order valence-corrected chi connectivity index (χ1v) is 21.8. The third-order valence-electron chi connectivity index (χ3n) is 11.0. The molecule has 6 rings (SSSR count). The van der Waals surface area contributed by atoms with Gasteiger partial charge < -0.3 is 29.4 Å². The van der Waals surface area contributed by atoms with Gasteiger partial charge in [0.25, 0.3) is 5.91 Å². The lowest BCUT2D eigenvalue weighted by molar-refractivity contribution is -0.132. The fourth-order valence-electron chi connectivity index (χ4n) is 7.75. The first kappa shape index (κ1) is 41.9. The van der Waals surface area contributed by atoms with Crippen molar-refractivity contribution in [1.29, 1.82) is 0 Å². The van der Waals surface area contributed by atoms with Crippen LogP contribution < -0.4 is 4.87 Å². The Kier molecular flexibility index (Phi) is 14.7. The number of phenols is 1. The maximum absolute atomic E-state index is 15.6. The predicted molar refractivity (Wildman–Crippen MR) is 219 cm³/mol. The molecule has 2 saturated heterocycles. The average molecular weight is 810 g/mol. The van der Waals surface area contributed by atoms with Crippen molar-refractivity contribution in [2.24, 2.45) is 0 Å². The van der Waals surface area contributed by atoms with E-state index in [0.717, 1.165) is 78.2 Å². The lowest BCUT2D eigenvalue weighted by Crippen LogP contribution is -2.58. The molecule has 0 bridgehead atoms.